The fraction of sp³-hybridized carbons (Fsp3) is 0.474. The van der Waals surface area contributed by atoms with Crippen LogP contribution in [0.4, 0.5) is 0 Å². The Bertz CT molecular complexity index is 1330. The number of carbonyl (C=O) groups excluding carboxylic acids is 2. The molecule has 0 unspecified atom stereocenters. The maximum atomic E-state index is 13.1. The van der Waals surface area contributed by atoms with E-state index in [4.69, 9.17) is 9.98 Å². The Balaban J connectivity index is 1.34. The van der Waals surface area contributed by atoms with Crippen LogP contribution in [0.3, 0.4) is 0 Å². The highest BCUT2D eigenvalue weighted by molar-refractivity contribution is 6.25. The molecule has 2 N–H and O–H groups in total. The molecule has 0 aliphatic heterocycles. The molecule has 2 fully saturated rings. The smallest absolute Gasteiger partial charge is 0.168 e. The van der Waals surface area contributed by atoms with Gasteiger partial charge in [-0.05, 0) is 47.6 Å². The number of benzene rings is 2. The summed E-state index contributed by atoms with van der Waals surface area (Å²) in [5, 5.41) is 21.9. The third kappa shape index (κ3) is 9.35. The number of aliphatic hydroxyl groups is 2. The summed E-state index contributed by atoms with van der Waals surface area (Å²) in [5.74, 6) is 0.171. The Labute approximate surface area is 262 Å². The van der Waals surface area contributed by atoms with Crippen LogP contribution in [0.2, 0.25) is 0 Å². The number of Topliss-reactive ketones (excluding diaryl/α,β-unsaturated/α-hetero) is 2. The number of carbonyl (C=O) groups is 2. The molecule has 0 bridgehead atoms. The summed E-state index contributed by atoms with van der Waals surface area (Å²) >= 11 is 0. The predicted molar refractivity (Wildman–Crippen MR) is 179 cm³/mol. The minimum absolute atomic E-state index is 0.0276. The first-order chi connectivity index (χ1) is 20.9. The number of hydrogen-bond donors (Lipinski definition) is 2. The Morgan fingerprint density at radius 1 is 0.591 bits per heavy atom. The topological polar surface area (TPSA) is 99.3 Å². The lowest BCUT2D eigenvalue weighted by Gasteiger charge is -2.31. The van der Waals surface area contributed by atoms with Gasteiger partial charge in [-0.1, -0.05) is 101 Å². The molecule has 0 saturated heterocycles. The SMILES string of the molecule is CC1(C)CC(=O)C(=C(O)Cc2ccccc2)C(=NCCCCCCN=C2CC(C)(C)CC(=O)C2=C(O)Cc2ccccc2)C1. The molecule has 234 valence electrons. The van der Waals surface area contributed by atoms with E-state index in [-0.39, 0.29) is 33.9 Å². The fourth-order valence-corrected chi connectivity index (χ4v) is 6.26. The van der Waals surface area contributed by atoms with E-state index >= 15 is 0 Å². The molecule has 2 aliphatic rings. The number of aliphatic hydroxyl groups excluding tert-OH is 2. The van der Waals surface area contributed by atoms with E-state index in [1.54, 1.807) is 0 Å². The van der Waals surface area contributed by atoms with Gasteiger partial charge in [-0.15, -0.1) is 0 Å². The molecule has 4 rings (SSSR count). The van der Waals surface area contributed by atoms with Gasteiger partial charge in [0.15, 0.2) is 11.6 Å². The zero-order valence-electron chi connectivity index (χ0n) is 26.9. The molecule has 0 spiro atoms. The molecule has 0 aromatic heterocycles. The standard InChI is InChI=1S/C38H48N2O4/c1-37(2)23-29(35(33(43)25-37)31(41)21-27-15-9-7-10-16-27)39-19-13-5-6-14-20-40-30-24-38(3,4)26-34(44)36(30)32(42)22-28-17-11-8-12-18-28/h7-12,15-18,41-42H,5-6,13-14,19-26H2,1-4H3. The van der Waals surface area contributed by atoms with E-state index in [1.165, 1.54) is 0 Å². The first-order valence-electron chi connectivity index (χ1n) is 16.0. The van der Waals surface area contributed by atoms with Gasteiger partial charge in [0.25, 0.3) is 0 Å². The Morgan fingerprint density at radius 2 is 0.955 bits per heavy atom. The van der Waals surface area contributed by atoms with Crippen molar-refractivity contribution in [3.63, 3.8) is 0 Å². The van der Waals surface area contributed by atoms with Crippen molar-refractivity contribution in [3.8, 4) is 0 Å². The molecular formula is C38H48N2O4. The average Bonchev–Trinajstić information content (AvgIpc) is 2.93. The van der Waals surface area contributed by atoms with Crippen molar-refractivity contribution in [1.82, 2.24) is 0 Å². The Kier molecular flexibility index (Phi) is 11.1. The maximum Gasteiger partial charge on any atom is 0.168 e. The fourth-order valence-electron chi connectivity index (χ4n) is 6.26. The lowest BCUT2D eigenvalue weighted by Crippen LogP contribution is -2.33. The zero-order chi connectivity index (χ0) is 31.7. The minimum atomic E-state index is -0.177. The number of allylic oxidation sites excluding steroid dienone is 4. The van der Waals surface area contributed by atoms with Crippen LogP contribution in [-0.4, -0.2) is 46.3 Å². The first-order valence-corrected chi connectivity index (χ1v) is 16.0. The zero-order valence-corrected chi connectivity index (χ0v) is 26.9. The van der Waals surface area contributed by atoms with Crippen LogP contribution in [0.25, 0.3) is 0 Å². The number of hydrogen-bond acceptors (Lipinski definition) is 6. The third-order valence-electron chi connectivity index (χ3n) is 8.38. The number of nitrogens with zero attached hydrogens (tertiary/aromatic N) is 2. The number of unbranched alkanes of at least 4 members (excludes halogenated alkanes) is 3. The highest BCUT2D eigenvalue weighted by Gasteiger charge is 2.37. The van der Waals surface area contributed by atoms with Crippen LogP contribution in [0.5, 0.6) is 0 Å². The van der Waals surface area contributed by atoms with Gasteiger partial charge >= 0.3 is 0 Å². The van der Waals surface area contributed by atoms with E-state index < -0.39 is 0 Å². The minimum Gasteiger partial charge on any atom is -0.511 e. The lowest BCUT2D eigenvalue weighted by molar-refractivity contribution is -0.118. The largest absolute Gasteiger partial charge is 0.511 e. The van der Waals surface area contributed by atoms with Crippen molar-refractivity contribution in [2.24, 2.45) is 20.8 Å². The average molecular weight is 597 g/mol. The van der Waals surface area contributed by atoms with Crippen molar-refractivity contribution < 1.29 is 19.8 Å². The number of ketones is 2. The normalized spacial score (nSPS) is 22.4. The van der Waals surface area contributed by atoms with E-state index in [2.05, 4.69) is 27.7 Å². The lowest BCUT2D eigenvalue weighted by atomic mass is 9.73. The van der Waals surface area contributed by atoms with Crippen LogP contribution in [-0.2, 0) is 22.4 Å². The summed E-state index contributed by atoms with van der Waals surface area (Å²) in [6.45, 7) is 9.54. The van der Waals surface area contributed by atoms with Crippen molar-refractivity contribution in [1.29, 1.82) is 0 Å². The number of rotatable bonds is 11. The summed E-state index contributed by atoms with van der Waals surface area (Å²) in [7, 11) is 0. The highest BCUT2D eigenvalue weighted by Crippen LogP contribution is 2.37. The van der Waals surface area contributed by atoms with Crippen LogP contribution in [0, 0.1) is 10.8 Å². The summed E-state index contributed by atoms with van der Waals surface area (Å²) in [6, 6.07) is 19.4. The molecule has 0 atom stereocenters. The van der Waals surface area contributed by atoms with E-state index in [1.807, 2.05) is 60.7 Å². The molecular weight excluding hydrogens is 548 g/mol. The second-order valence-corrected chi connectivity index (χ2v) is 13.9. The molecule has 2 saturated carbocycles. The Morgan fingerprint density at radius 3 is 1.32 bits per heavy atom. The van der Waals surface area contributed by atoms with Crippen molar-refractivity contribution in [3.05, 3.63) is 94.5 Å². The molecule has 0 radical (unpaired) electrons. The van der Waals surface area contributed by atoms with Gasteiger partial charge in [0, 0.05) is 50.2 Å². The summed E-state index contributed by atoms with van der Waals surface area (Å²) < 4.78 is 0. The second kappa shape index (κ2) is 14.8. The van der Waals surface area contributed by atoms with Crippen molar-refractivity contribution >= 4 is 23.0 Å². The quantitative estimate of drug-likeness (QED) is 0.155. The van der Waals surface area contributed by atoms with Crippen molar-refractivity contribution in [2.75, 3.05) is 13.1 Å². The summed E-state index contributed by atoms with van der Waals surface area (Å²) in [6.07, 6.45) is 6.53. The van der Waals surface area contributed by atoms with Crippen LogP contribution >= 0.6 is 0 Å². The highest BCUT2D eigenvalue weighted by atomic mass is 16.3. The van der Waals surface area contributed by atoms with Gasteiger partial charge in [-0.2, -0.15) is 0 Å². The van der Waals surface area contributed by atoms with Gasteiger partial charge in [0.2, 0.25) is 0 Å². The molecule has 44 heavy (non-hydrogen) atoms. The van der Waals surface area contributed by atoms with Gasteiger partial charge in [0.05, 0.1) is 11.1 Å². The Hall–Kier alpha value is -3.80. The van der Waals surface area contributed by atoms with Crippen LogP contribution in [0.1, 0.15) is 90.2 Å². The molecule has 6 nitrogen and oxygen atoms in total. The second-order valence-electron chi connectivity index (χ2n) is 13.9. The molecule has 0 heterocycles. The molecule has 0 amide bonds. The van der Waals surface area contributed by atoms with E-state index in [0.717, 1.165) is 48.2 Å². The molecule has 2 aliphatic carbocycles. The molecule has 2 aromatic rings. The molecule has 2 aromatic carbocycles. The summed E-state index contributed by atoms with van der Waals surface area (Å²) in [5.41, 5.74) is 3.85. The van der Waals surface area contributed by atoms with Crippen molar-refractivity contribution in [2.45, 2.75) is 91.9 Å². The first kappa shape index (κ1) is 33.1. The van der Waals surface area contributed by atoms with E-state index in [0.29, 0.717) is 62.8 Å². The monoisotopic (exact) mass is 596 g/mol. The maximum absolute atomic E-state index is 13.1. The molecule has 6 heteroatoms. The predicted octanol–water partition coefficient (Wildman–Crippen LogP) is 8.32. The summed E-state index contributed by atoms with van der Waals surface area (Å²) in [4.78, 5) is 35.8. The van der Waals surface area contributed by atoms with Crippen LogP contribution in [0.15, 0.2) is 93.3 Å². The van der Waals surface area contributed by atoms with Gasteiger partial charge in [-0.25, -0.2) is 0 Å². The van der Waals surface area contributed by atoms with Gasteiger partial charge < -0.3 is 10.2 Å². The van der Waals surface area contributed by atoms with Gasteiger partial charge in [0.1, 0.15) is 11.5 Å². The van der Waals surface area contributed by atoms with Gasteiger partial charge in [-0.3, -0.25) is 19.6 Å². The van der Waals surface area contributed by atoms with E-state index in [9.17, 15) is 19.8 Å². The number of aliphatic imine (C=N–C) groups is 2. The van der Waals surface area contributed by atoms with Crippen LogP contribution < -0.4 is 0 Å². The third-order valence-corrected chi connectivity index (χ3v) is 8.38.